The molecule has 0 saturated carbocycles. The molecule has 166 valence electrons. The van der Waals surface area contributed by atoms with Crippen molar-refractivity contribution in [2.75, 3.05) is 11.9 Å². The molecule has 0 atom stereocenters. The summed E-state index contributed by atoms with van der Waals surface area (Å²) in [6.45, 7) is -0.299. The molecule has 0 aliphatic carbocycles. The number of hydrogen-bond donors (Lipinski definition) is 3. The highest BCUT2D eigenvalue weighted by Crippen LogP contribution is 2.33. The van der Waals surface area contributed by atoms with E-state index in [1.165, 1.54) is 6.07 Å². The number of hydrazine groups is 1. The van der Waals surface area contributed by atoms with E-state index < -0.39 is 17.7 Å². The Labute approximate surface area is 202 Å². The number of benzene rings is 3. The summed E-state index contributed by atoms with van der Waals surface area (Å²) >= 11 is 15.3. The molecular weight excluding hydrogens is 521 g/mol. The van der Waals surface area contributed by atoms with Crippen molar-refractivity contribution in [1.82, 2.24) is 10.9 Å². The van der Waals surface area contributed by atoms with E-state index in [-0.39, 0.29) is 19.4 Å². The van der Waals surface area contributed by atoms with E-state index in [0.717, 1.165) is 15.2 Å². The fourth-order valence-electron chi connectivity index (χ4n) is 2.74. The summed E-state index contributed by atoms with van der Waals surface area (Å²) in [6.07, 6.45) is -0.227. The van der Waals surface area contributed by atoms with Crippen LogP contribution in [0, 0.1) is 0 Å². The second-order valence-electron chi connectivity index (χ2n) is 6.66. The number of carbonyl (C=O) groups is 3. The van der Waals surface area contributed by atoms with Crippen molar-refractivity contribution in [3.8, 4) is 5.75 Å². The SMILES string of the molecule is O=C(CCC(=O)Nc1ccc(Cl)cc1Cl)NNC(=O)COc1ccc2ccccc2c1Br. The van der Waals surface area contributed by atoms with E-state index in [9.17, 15) is 14.4 Å². The third kappa shape index (κ3) is 6.59. The number of fused-ring (bicyclic) bond motifs is 1. The Bertz CT molecular complexity index is 1170. The number of anilines is 1. The van der Waals surface area contributed by atoms with E-state index in [0.29, 0.717) is 21.5 Å². The minimum Gasteiger partial charge on any atom is -0.483 e. The van der Waals surface area contributed by atoms with Gasteiger partial charge in [0.2, 0.25) is 11.8 Å². The van der Waals surface area contributed by atoms with Crippen molar-refractivity contribution >= 4 is 73.3 Å². The number of carbonyl (C=O) groups excluding carboxylic acids is 3. The summed E-state index contributed by atoms with van der Waals surface area (Å²) < 4.78 is 6.26. The molecule has 3 aromatic rings. The molecule has 0 fully saturated rings. The largest absolute Gasteiger partial charge is 0.483 e. The van der Waals surface area contributed by atoms with Crippen LogP contribution in [0.5, 0.6) is 5.75 Å². The highest BCUT2D eigenvalue weighted by atomic mass is 79.9. The smallest absolute Gasteiger partial charge is 0.276 e. The molecular formula is C22H18BrCl2N3O4. The average molecular weight is 539 g/mol. The van der Waals surface area contributed by atoms with E-state index in [4.69, 9.17) is 27.9 Å². The van der Waals surface area contributed by atoms with Crippen molar-refractivity contribution in [1.29, 1.82) is 0 Å². The minimum atomic E-state index is -0.546. The average Bonchev–Trinajstić information content (AvgIpc) is 2.78. The van der Waals surface area contributed by atoms with Crippen molar-refractivity contribution in [2.24, 2.45) is 0 Å². The Hall–Kier alpha value is -2.81. The summed E-state index contributed by atoms with van der Waals surface area (Å²) in [7, 11) is 0. The summed E-state index contributed by atoms with van der Waals surface area (Å²) in [5.41, 5.74) is 4.89. The molecule has 7 nitrogen and oxygen atoms in total. The predicted molar refractivity (Wildman–Crippen MR) is 128 cm³/mol. The van der Waals surface area contributed by atoms with Crippen LogP contribution in [0.3, 0.4) is 0 Å². The van der Waals surface area contributed by atoms with Gasteiger partial charge in [-0.15, -0.1) is 0 Å². The van der Waals surface area contributed by atoms with Gasteiger partial charge in [0.1, 0.15) is 5.75 Å². The van der Waals surface area contributed by atoms with Crippen molar-refractivity contribution in [3.63, 3.8) is 0 Å². The quantitative estimate of drug-likeness (QED) is 0.374. The molecule has 3 amide bonds. The Morgan fingerprint density at radius 3 is 2.38 bits per heavy atom. The van der Waals surface area contributed by atoms with E-state index >= 15 is 0 Å². The third-order valence-electron chi connectivity index (χ3n) is 4.31. The Kier molecular flexibility index (Phi) is 8.33. The Morgan fingerprint density at radius 1 is 0.875 bits per heavy atom. The zero-order chi connectivity index (χ0) is 23.1. The summed E-state index contributed by atoms with van der Waals surface area (Å²) in [6, 6.07) is 16.0. The van der Waals surface area contributed by atoms with Gasteiger partial charge in [0.15, 0.2) is 6.61 Å². The van der Waals surface area contributed by atoms with Gasteiger partial charge in [-0.2, -0.15) is 0 Å². The molecule has 0 saturated heterocycles. The van der Waals surface area contributed by atoms with Crippen LogP contribution in [-0.2, 0) is 14.4 Å². The minimum absolute atomic E-state index is 0.0960. The van der Waals surface area contributed by atoms with Gasteiger partial charge in [0.25, 0.3) is 5.91 Å². The lowest BCUT2D eigenvalue weighted by Gasteiger charge is -2.11. The molecule has 3 aromatic carbocycles. The molecule has 0 aliphatic rings. The van der Waals surface area contributed by atoms with Crippen LogP contribution in [-0.4, -0.2) is 24.3 Å². The maximum Gasteiger partial charge on any atom is 0.276 e. The Morgan fingerprint density at radius 2 is 1.59 bits per heavy atom. The first-order chi connectivity index (χ1) is 15.3. The van der Waals surface area contributed by atoms with E-state index in [2.05, 4.69) is 32.1 Å². The number of hydrogen-bond acceptors (Lipinski definition) is 4. The van der Waals surface area contributed by atoms with Crippen molar-refractivity contribution in [3.05, 3.63) is 69.1 Å². The molecule has 3 rings (SSSR count). The van der Waals surface area contributed by atoms with Gasteiger partial charge < -0.3 is 10.1 Å². The van der Waals surface area contributed by atoms with Gasteiger partial charge in [-0.3, -0.25) is 25.2 Å². The van der Waals surface area contributed by atoms with Gasteiger partial charge >= 0.3 is 0 Å². The maximum absolute atomic E-state index is 12.0. The molecule has 10 heteroatoms. The first-order valence-electron chi connectivity index (χ1n) is 9.46. The summed E-state index contributed by atoms with van der Waals surface area (Å²) in [5.74, 6) is -0.971. The topological polar surface area (TPSA) is 96.5 Å². The van der Waals surface area contributed by atoms with Crippen LogP contribution in [0.2, 0.25) is 10.0 Å². The zero-order valence-corrected chi connectivity index (χ0v) is 19.7. The number of rotatable bonds is 7. The second-order valence-corrected chi connectivity index (χ2v) is 8.29. The Balaban J connectivity index is 1.39. The molecule has 0 heterocycles. The van der Waals surface area contributed by atoms with Crippen LogP contribution in [0.25, 0.3) is 10.8 Å². The van der Waals surface area contributed by atoms with Gasteiger partial charge in [0, 0.05) is 17.9 Å². The van der Waals surface area contributed by atoms with Gasteiger partial charge in [-0.25, -0.2) is 0 Å². The first kappa shape index (κ1) is 23.8. The molecule has 0 spiro atoms. The van der Waals surface area contributed by atoms with Crippen LogP contribution in [0.15, 0.2) is 59.1 Å². The fourth-order valence-corrected chi connectivity index (χ4v) is 3.80. The van der Waals surface area contributed by atoms with Crippen molar-refractivity contribution < 1.29 is 19.1 Å². The monoisotopic (exact) mass is 537 g/mol. The molecule has 0 bridgehead atoms. The molecule has 0 aliphatic heterocycles. The van der Waals surface area contributed by atoms with Crippen molar-refractivity contribution in [2.45, 2.75) is 12.8 Å². The molecule has 0 radical (unpaired) electrons. The zero-order valence-electron chi connectivity index (χ0n) is 16.6. The normalized spacial score (nSPS) is 10.5. The molecule has 0 unspecified atom stereocenters. The summed E-state index contributed by atoms with van der Waals surface area (Å²) in [4.78, 5) is 35.8. The van der Waals surface area contributed by atoms with Crippen LogP contribution >= 0.6 is 39.1 Å². The van der Waals surface area contributed by atoms with Gasteiger partial charge in [-0.1, -0.05) is 53.5 Å². The third-order valence-corrected chi connectivity index (χ3v) is 5.68. The van der Waals surface area contributed by atoms with Crippen LogP contribution in [0.1, 0.15) is 12.8 Å². The van der Waals surface area contributed by atoms with Crippen LogP contribution < -0.4 is 20.9 Å². The first-order valence-corrected chi connectivity index (χ1v) is 11.0. The highest BCUT2D eigenvalue weighted by Gasteiger charge is 2.12. The lowest BCUT2D eigenvalue weighted by Crippen LogP contribution is -2.44. The predicted octanol–water partition coefficient (Wildman–Crippen LogP) is 4.85. The lowest BCUT2D eigenvalue weighted by atomic mass is 10.1. The molecule has 0 aromatic heterocycles. The molecule has 32 heavy (non-hydrogen) atoms. The maximum atomic E-state index is 12.0. The standard InChI is InChI=1S/C22H18BrCl2N3O4/c23-22-15-4-2-1-3-13(15)5-8-18(22)32-12-21(31)28-27-20(30)10-9-19(29)26-17-7-6-14(24)11-16(17)25/h1-8,11H,9-10,12H2,(H,26,29)(H,27,30)(H,28,31). The van der Waals surface area contributed by atoms with Gasteiger partial charge in [0.05, 0.1) is 15.2 Å². The van der Waals surface area contributed by atoms with Crippen LogP contribution in [0.4, 0.5) is 5.69 Å². The number of halogens is 3. The lowest BCUT2D eigenvalue weighted by molar-refractivity contribution is -0.130. The molecule has 3 N–H and O–H groups in total. The number of amides is 3. The summed E-state index contributed by atoms with van der Waals surface area (Å²) in [5, 5.41) is 5.32. The van der Waals surface area contributed by atoms with E-state index in [1.807, 2.05) is 30.3 Å². The second kappa shape index (κ2) is 11.2. The number of nitrogens with one attached hydrogen (secondary N) is 3. The fraction of sp³-hybridized carbons (Fsp3) is 0.136. The number of ether oxygens (including phenoxy) is 1. The van der Waals surface area contributed by atoms with E-state index in [1.54, 1.807) is 18.2 Å². The van der Waals surface area contributed by atoms with Gasteiger partial charge in [-0.05, 0) is 51.0 Å². The highest BCUT2D eigenvalue weighted by molar-refractivity contribution is 9.10.